The van der Waals surface area contributed by atoms with Crippen LogP contribution in [0, 0.1) is 29.1 Å². The average Bonchev–Trinajstić information content (AvgIpc) is 2.90. The molecule has 1 aliphatic heterocycles. The van der Waals surface area contributed by atoms with Crippen molar-refractivity contribution in [3.05, 3.63) is 0 Å². The molecule has 0 spiro atoms. The van der Waals surface area contributed by atoms with E-state index in [1.807, 2.05) is 0 Å². The fourth-order valence-electron chi connectivity index (χ4n) is 5.06. The van der Waals surface area contributed by atoms with Crippen LogP contribution in [0.4, 0.5) is 0 Å². The summed E-state index contributed by atoms with van der Waals surface area (Å²) in [6, 6.07) is 0.604. The molecule has 2 saturated carbocycles. The Morgan fingerprint density at radius 2 is 1.79 bits per heavy atom. The topological polar surface area (TPSA) is 32.3 Å². The van der Waals surface area contributed by atoms with Crippen LogP contribution >= 0.6 is 0 Å². The minimum atomic E-state index is -0.0598. The summed E-state index contributed by atoms with van der Waals surface area (Å²) in [6.45, 7) is 8.31. The Morgan fingerprint density at radius 1 is 1.00 bits per heavy atom. The molecular formula is C17H31NO. The average molecular weight is 265 g/mol. The van der Waals surface area contributed by atoms with Crippen molar-refractivity contribution in [1.82, 2.24) is 5.32 Å². The molecular weight excluding hydrogens is 234 g/mol. The molecule has 2 aliphatic carbocycles. The van der Waals surface area contributed by atoms with Crippen molar-refractivity contribution >= 4 is 0 Å². The van der Waals surface area contributed by atoms with E-state index in [9.17, 15) is 5.11 Å². The van der Waals surface area contributed by atoms with Gasteiger partial charge in [0.2, 0.25) is 0 Å². The van der Waals surface area contributed by atoms with Gasteiger partial charge in [-0.15, -0.1) is 0 Å². The summed E-state index contributed by atoms with van der Waals surface area (Å²) in [5.41, 5.74) is 0.395. The smallest absolute Gasteiger partial charge is 0.0583 e. The maximum absolute atomic E-state index is 10.5. The molecule has 2 nitrogen and oxygen atoms in total. The highest BCUT2D eigenvalue weighted by atomic mass is 16.3. The highest BCUT2D eigenvalue weighted by Gasteiger charge is 2.47. The first kappa shape index (κ1) is 13.9. The molecule has 0 aromatic carbocycles. The Hall–Kier alpha value is -0.0800. The van der Waals surface area contributed by atoms with Gasteiger partial charge in [0.1, 0.15) is 0 Å². The number of nitrogens with one attached hydrogen (secondary N) is 1. The molecule has 0 aromatic rings. The van der Waals surface area contributed by atoms with Crippen LogP contribution in [0.25, 0.3) is 0 Å². The van der Waals surface area contributed by atoms with Crippen LogP contribution in [-0.2, 0) is 0 Å². The quantitative estimate of drug-likeness (QED) is 0.763. The molecule has 6 unspecified atom stereocenters. The standard InChI is InChI=1S/C17H31NO/c1-17(2,3)12-7-8-15(19)14(9-12)16-13-6-4-5-11(13)10-18-16/h11-16,18-19H,4-10H2,1-3H3. The fourth-order valence-corrected chi connectivity index (χ4v) is 5.06. The summed E-state index contributed by atoms with van der Waals surface area (Å²) in [5.74, 6) is 3.06. The van der Waals surface area contributed by atoms with Crippen molar-refractivity contribution in [2.75, 3.05) is 6.54 Å². The zero-order valence-corrected chi connectivity index (χ0v) is 12.9. The Kier molecular flexibility index (Phi) is 3.68. The van der Waals surface area contributed by atoms with E-state index >= 15 is 0 Å². The van der Waals surface area contributed by atoms with Gasteiger partial charge in [-0.3, -0.25) is 0 Å². The van der Waals surface area contributed by atoms with Crippen LogP contribution in [0.1, 0.15) is 59.3 Å². The van der Waals surface area contributed by atoms with Gasteiger partial charge in [0.15, 0.2) is 0 Å². The van der Waals surface area contributed by atoms with Gasteiger partial charge < -0.3 is 10.4 Å². The molecule has 2 heteroatoms. The zero-order chi connectivity index (χ0) is 13.6. The first-order valence-corrected chi connectivity index (χ1v) is 8.38. The number of rotatable bonds is 1. The lowest BCUT2D eigenvalue weighted by molar-refractivity contribution is -0.00235. The zero-order valence-electron chi connectivity index (χ0n) is 12.9. The molecule has 1 heterocycles. The third-order valence-electron chi connectivity index (χ3n) is 6.34. The minimum absolute atomic E-state index is 0.0598. The summed E-state index contributed by atoms with van der Waals surface area (Å²) in [4.78, 5) is 0. The van der Waals surface area contributed by atoms with Crippen molar-refractivity contribution in [2.24, 2.45) is 29.1 Å². The monoisotopic (exact) mass is 265 g/mol. The first-order chi connectivity index (χ1) is 8.97. The Balaban J connectivity index is 1.71. The number of fused-ring (bicyclic) bond motifs is 1. The van der Waals surface area contributed by atoms with Gasteiger partial charge in [0.05, 0.1) is 6.10 Å². The molecule has 0 aromatic heterocycles. The van der Waals surface area contributed by atoms with Crippen LogP contribution in [0.3, 0.4) is 0 Å². The van der Waals surface area contributed by atoms with Crippen molar-refractivity contribution in [2.45, 2.75) is 71.4 Å². The van der Waals surface area contributed by atoms with Crippen molar-refractivity contribution < 1.29 is 5.11 Å². The van der Waals surface area contributed by atoms with Gasteiger partial charge in [-0.05, 0) is 61.8 Å². The predicted molar refractivity (Wildman–Crippen MR) is 78.9 cm³/mol. The lowest BCUT2D eigenvalue weighted by atomic mass is 9.65. The second-order valence-electron chi connectivity index (χ2n) is 8.40. The van der Waals surface area contributed by atoms with E-state index in [2.05, 4.69) is 26.1 Å². The van der Waals surface area contributed by atoms with E-state index in [0.717, 1.165) is 24.2 Å². The van der Waals surface area contributed by atoms with Gasteiger partial charge in [-0.25, -0.2) is 0 Å². The summed E-state index contributed by atoms with van der Waals surface area (Å²) >= 11 is 0. The molecule has 0 bridgehead atoms. The Bertz CT molecular complexity index is 322. The number of aliphatic hydroxyl groups is 1. The summed E-state index contributed by atoms with van der Waals surface area (Å²) in [5, 5.41) is 14.3. The molecule has 2 N–H and O–H groups in total. The summed E-state index contributed by atoms with van der Waals surface area (Å²) < 4.78 is 0. The van der Waals surface area contributed by atoms with Crippen molar-refractivity contribution in [3.8, 4) is 0 Å². The van der Waals surface area contributed by atoms with Gasteiger partial charge in [-0.1, -0.05) is 27.2 Å². The Labute approximate surface area is 118 Å². The van der Waals surface area contributed by atoms with Crippen LogP contribution < -0.4 is 5.32 Å². The number of aliphatic hydroxyl groups excluding tert-OH is 1. The summed E-state index contributed by atoms with van der Waals surface area (Å²) in [7, 11) is 0. The maximum Gasteiger partial charge on any atom is 0.0583 e. The lowest BCUT2D eigenvalue weighted by Crippen LogP contribution is -2.46. The highest BCUT2D eigenvalue weighted by Crippen LogP contribution is 2.47. The SMILES string of the molecule is CC(C)(C)C1CCC(O)C(C2NCC3CCCC32)C1. The second-order valence-corrected chi connectivity index (χ2v) is 8.40. The minimum Gasteiger partial charge on any atom is -0.393 e. The van der Waals surface area contributed by atoms with Crippen LogP contribution in [0.2, 0.25) is 0 Å². The van der Waals surface area contributed by atoms with E-state index in [-0.39, 0.29) is 6.10 Å². The Morgan fingerprint density at radius 3 is 2.53 bits per heavy atom. The number of hydrogen-bond donors (Lipinski definition) is 2. The maximum atomic E-state index is 10.5. The van der Waals surface area contributed by atoms with Gasteiger partial charge in [0, 0.05) is 12.0 Å². The van der Waals surface area contributed by atoms with E-state index < -0.39 is 0 Å². The normalized spacial score (nSPS) is 47.4. The molecule has 19 heavy (non-hydrogen) atoms. The molecule has 3 rings (SSSR count). The van der Waals surface area contributed by atoms with Gasteiger partial charge in [0.25, 0.3) is 0 Å². The highest BCUT2D eigenvalue weighted by molar-refractivity contribution is 5.01. The second kappa shape index (κ2) is 5.04. The molecule has 3 fully saturated rings. The van der Waals surface area contributed by atoms with Crippen LogP contribution in [-0.4, -0.2) is 23.8 Å². The largest absolute Gasteiger partial charge is 0.393 e. The fraction of sp³-hybridized carbons (Fsp3) is 1.00. The third kappa shape index (κ3) is 2.58. The molecule has 3 aliphatic rings. The van der Waals surface area contributed by atoms with E-state index in [1.54, 1.807) is 0 Å². The molecule has 0 amide bonds. The molecule has 0 radical (unpaired) electrons. The van der Waals surface area contributed by atoms with Gasteiger partial charge >= 0.3 is 0 Å². The lowest BCUT2D eigenvalue weighted by Gasteiger charge is -2.43. The predicted octanol–water partition coefficient (Wildman–Crippen LogP) is 3.20. The third-order valence-corrected chi connectivity index (χ3v) is 6.34. The van der Waals surface area contributed by atoms with Crippen molar-refractivity contribution in [3.63, 3.8) is 0 Å². The molecule has 1 saturated heterocycles. The van der Waals surface area contributed by atoms with E-state index in [1.165, 1.54) is 38.6 Å². The van der Waals surface area contributed by atoms with E-state index in [0.29, 0.717) is 17.4 Å². The first-order valence-electron chi connectivity index (χ1n) is 8.38. The molecule has 6 atom stereocenters. The van der Waals surface area contributed by atoms with Crippen LogP contribution in [0.15, 0.2) is 0 Å². The number of hydrogen-bond acceptors (Lipinski definition) is 2. The van der Waals surface area contributed by atoms with Crippen molar-refractivity contribution in [1.29, 1.82) is 0 Å². The van der Waals surface area contributed by atoms with E-state index in [4.69, 9.17) is 0 Å². The van der Waals surface area contributed by atoms with Crippen LogP contribution in [0.5, 0.6) is 0 Å². The van der Waals surface area contributed by atoms with Gasteiger partial charge in [-0.2, -0.15) is 0 Å². The molecule has 110 valence electrons. The summed E-state index contributed by atoms with van der Waals surface area (Å²) in [6.07, 6.45) is 7.62.